The minimum Gasteiger partial charge on any atom is -0.369 e. The lowest BCUT2D eigenvalue weighted by Crippen LogP contribution is -2.37. The Labute approximate surface area is 105 Å². The first kappa shape index (κ1) is 12.3. The second kappa shape index (κ2) is 5.44. The van der Waals surface area contributed by atoms with Gasteiger partial charge in [0.25, 0.3) is 5.91 Å². The third-order valence-electron chi connectivity index (χ3n) is 2.68. The maximum absolute atomic E-state index is 11.7. The Morgan fingerprint density at radius 3 is 2.56 bits per heavy atom. The zero-order chi connectivity index (χ0) is 13.0. The number of carbonyl (C=O) groups is 2. The normalized spacial score (nSPS) is 15.2. The van der Waals surface area contributed by atoms with Crippen molar-refractivity contribution >= 4 is 17.8 Å². The van der Waals surface area contributed by atoms with E-state index in [0.717, 1.165) is 12.8 Å². The Morgan fingerprint density at radius 1 is 1.28 bits per heavy atom. The minimum absolute atomic E-state index is 0.144. The summed E-state index contributed by atoms with van der Waals surface area (Å²) < 4.78 is 0. The molecule has 3 N–H and O–H groups in total. The molecular weight excluding hydrogens is 230 g/mol. The van der Waals surface area contributed by atoms with E-state index in [4.69, 9.17) is 5.73 Å². The molecule has 0 unspecified atom stereocenters. The molecule has 1 aromatic carbocycles. The molecule has 94 valence electrons. The lowest BCUT2D eigenvalue weighted by molar-refractivity contribution is -0.120. The van der Waals surface area contributed by atoms with Crippen molar-refractivity contribution in [3.8, 4) is 0 Å². The van der Waals surface area contributed by atoms with Crippen LogP contribution in [0.2, 0.25) is 0 Å². The summed E-state index contributed by atoms with van der Waals surface area (Å²) in [5.74, 6) is -0.309. The average Bonchev–Trinajstić information content (AvgIpc) is 3.13. The second-order valence-corrected chi connectivity index (χ2v) is 4.36. The Bertz CT molecular complexity index is 478. The van der Waals surface area contributed by atoms with E-state index in [1.165, 1.54) is 0 Å². The smallest absolute Gasteiger partial charge is 0.280 e. The Hall–Kier alpha value is -2.17. The highest BCUT2D eigenvalue weighted by Gasteiger charge is 2.24. The highest BCUT2D eigenvalue weighted by Crippen LogP contribution is 2.31. The molecule has 0 radical (unpaired) electrons. The maximum Gasteiger partial charge on any atom is 0.280 e. The van der Waals surface area contributed by atoms with E-state index in [1.807, 2.05) is 0 Å². The number of aliphatic imine (C=N–C) groups is 1. The van der Waals surface area contributed by atoms with Gasteiger partial charge in [-0.3, -0.25) is 14.9 Å². The van der Waals surface area contributed by atoms with Gasteiger partial charge in [-0.25, -0.2) is 0 Å². The first-order valence-corrected chi connectivity index (χ1v) is 5.88. The molecule has 18 heavy (non-hydrogen) atoms. The zero-order valence-electron chi connectivity index (χ0n) is 9.93. The fraction of sp³-hybridized carbons (Fsp3) is 0.308. The Morgan fingerprint density at radius 2 is 1.94 bits per heavy atom. The topological polar surface area (TPSA) is 84.5 Å². The minimum atomic E-state index is -0.458. The fourth-order valence-electron chi connectivity index (χ4n) is 1.56. The van der Waals surface area contributed by atoms with E-state index >= 15 is 0 Å². The van der Waals surface area contributed by atoms with Crippen LogP contribution in [-0.2, 0) is 4.79 Å². The van der Waals surface area contributed by atoms with Crippen molar-refractivity contribution in [3.63, 3.8) is 0 Å². The largest absolute Gasteiger partial charge is 0.369 e. The highest BCUT2D eigenvalue weighted by molar-refractivity contribution is 6.06. The summed E-state index contributed by atoms with van der Waals surface area (Å²) in [5.41, 5.74) is 5.95. The van der Waals surface area contributed by atoms with Gasteiger partial charge in [-0.05, 0) is 30.9 Å². The second-order valence-electron chi connectivity index (χ2n) is 4.36. The fourth-order valence-corrected chi connectivity index (χ4v) is 1.56. The van der Waals surface area contributed by atoms with Crippen LogP contribution in [0.3, 0.4) is 0 Å². The van der Waals surface area contributed by atoms with Crippen LogP contribution in [0.4, 0.5) is 0 Å². The first-order valence-electron chi connectivity index (χ1n) is 5.88. The van der Waals surface area contributed by atoms with Crippen LogP contribution in [-0.4, -0.2) is 17.8 Å². The van der Waals surface area contributed by atoms with Crippen LogP contribution in [0.5, 0.6) is 0 Å². The molecule has 1 aromatic rings. The summed E-state index contributed by atoms with van der Waals surface area (Å²) in [7, 11) is 0. The lowest BCUT2D eigenvalue weighted by atomic mass is 10.2. The van der Waals surface area contributed by atoms with Crippen LogP contribution in [0.15, 0.2) is 35.3 Å². The quantitative estimate of drug-likeness (QED) is 0.616. The molecule has 0 bridgehead atoms. The molecule has 1 aliphatic rings. The zero-order valence-corrected chi connectivity index (χ0v) is 9.93. The molecule has 0 aromatic heterocycles. The number of amides is 2. The van der Waals surface area contributed by atoms with Crippen molar-refractivity contribution in [3.05, 3.63) is 35.9 Å². The van der Waals surface area contributed by atoms with E-state index in [2.05, 4.69) is 10.3 Å². The average molecular weight is 245 g/mol. The summed E-state index contributed by atoms with van der Waals surface area (Å²) >= 11 is 0. The van der Waals surface area contributed by atoms with E-state index in [9.17, 15) is 9.59 Å². The van der Waals surface area contributed by atoms with Gasteiger partial charge < -0.3 is 5.73 Å². The van der Waals surface area contributed by atoms with Crippen LogP contribution in [0.1, 0.15) is 29.6 Å². The molecule has 1 fully saturated rings. The third kappa shape index (κ3) is 3.69. The SMILES string of the molecule is NC(=NC(=O)c1ccccc1)NC(=O)CC1CC1. The van der Waals surface area contributed by atoms with Gasteiger partial charge in [0.15, 0.2) is 0 Å². The van der Waals surface area contributed by atoms with Gasteiger partial charge in [0.2, 0.25) is 11.9 Å². The summed E-state index contributed by atoms with van der Waals surface area (Å²) in [4.78, 5) is 26.7. The van der Waals surface area contributed by atoms with Crippen LogP contribution in [0, 0.1) is 5.92 Å². The number of nitrogens with two attached hydrogens (primary N) is 1. The van der Waals surface area contributed by atoms with E-state index in [1.54, 1.807) is 30.3 Å². The third-order valence-corrected chi connectivity index (χ3v) is 2.68. The summed E-state index contributed by atoms with van der Waals surface area (Å²) in [5, 5.41) is 2.42. The molecule has 1 saturated carbocycles. The molecule has 0 saturated heterocycles. The van der Waals surface area contributed by atoms with Crippen molar-refractivity contribution in [2.24, 2.45) is 16.6 Å². The van der Waals surface area contributed by atoms with Crippen LogP contribution < -0.4 is 11.1 Å². The van der Waals surface area contributed by atoms with Crippen molar-refractivity contribution in [2.75, 3.05) is 0 Å². The summed E-state index contributed by atoms with van der Waals surface area (Å²) in [6.07, 6.45) is 2.64. The summed E-state index contributed by atoms with van der Waals surface area (Å²) in [6, 6.07) is 8.58. The Balaban J connectivity index is 1.91. The maximum atomic E-state index is 11.7. The van der Waals surface area contributed by atoms with Gasteiger partial charge in [0.05, 0.1) is 0 Å². The van der Waals surface area contributed by atoms with Gasteiger partial charge in [0.1, 0.15) is 0 Å². The molecular formula is C13H15N3O2. The van der Waals surface area contributed by atoms with Gasteiger partial charge in [-0.1, -0.05) is 18.2 Å². The van der Waals surface area contributed by atoms with Crippen molar-refractivity contribution in [1.29, 1.82) is 0 Å². The van der Waals surface area contributed by atoms with E-state index in [0.29, 0.717) is 17.9 Å². The highest BCUT2D eigenvalue weighted by atomic mass is 16.2. The number of nitrogens with one attached hydrogen (secondary N) is 1. The van der Waals surface area contributed by atoms with Crippen molar-refractivity contribution in [1.82, 2.24) is 5.32 Å². The van der Waals surface area contributed by atoms with Crippen molar-refractivity contribution < 1.29 is 9.59 Å². The number of benzene rings is 1. The number of rotatable bonds is 3. The molecule has 2 amide bonds. The van der Waals surface area contributed by atoms with E-state index < -0.39 is 5.91 Å². The standard InChI is InChI=1S/C13H15N3O2/c14-13(15-11(17)8-9-6-7-9)16-12(18)10-4-2-1-3-5-10/h1-5,9H,6-8H2,(H3,14,15,16,17,18). The lowest BCUT2D eigenvalue weighted by Gasteiger charge is -2.02. The molecule has 5 heteroatoms. The predicted molar refractivity (Wildman–Crippen MR) is 67.9 cm³/mol. The number of hydrogen-bond acceptors (Lipinski definition) is 2. The van der Waals surface area contributed by atoms with Crippen molar-refractivity contribution in [2.45, 2.75) is 19.3 Å². The molecule has 5 nitrogen and oxygen atoms in total. The molecule has 0 spiro atoms. The molecule has 0 atom stereocenters. The number of carbonyl (C=O) groups excluding carboxylic acids is 2. The van der Waals surface area contributed by atoms with Gasteiger partial charge in [0, 0.05) is 12.0 Å². The van der Waals surface area contributed by atoms with Crippen LogP contribution in [0.25, 0.3) is 0 Å². The molecule has 0 heterocycles. The van der Waals surface area contributed by atoms with Crippen LogP contribution >= 0.6 is 0 Å². The summed E-state index contributed by atoms with van der Waals surface area (Å²) in [6.45, 7) is 0. The molecule has 1 aliphatic carbocycles. The molecule has 2 rings (SSSR count). The van der Waals surface area contributed by atoms with Gasteiger partial charge in [-0.2, -0.15) is 4.99 Å². The first-order chi connectivity index (χ1) is 8.65. The predicted octanol–water partition coefficient (Wildman–Crippen LogP) is 1.06. The number of guanidine groups is 1. The van der Waals surface area contributed by atoms with Gasteiger partial charge >= 0.3 is 0 Å². The number of hydrogen-bond donors (Lipinski definition) is 2. The molecule has 0 aliphatic heterocycles. The monoisotopic (exact) mass is 245 g/mol. The Kier molecular flexibility index (Phi) is 3.72. The van der Waals surface area contributed by atoms with E-state index in [-0.39, 0.29) is 11.9 Å². The van der Waals surface area contributed by atoms with Gasteiger partial charge in [-0.15, -0.1) is 0 Å². The number of nitrogens with zero attached hydrogens (tertiary/aromatic N) is 1.